The SMILES string of the molecule is CC(=O)O[C@@H]1C[C@H](O)[C@]23CO[C@@H](O)[C@@]1(C)[C@@H]2C[C@@H](O)[C@]1(C)C3=C(O)C(=O)[C@]2(C)[C@H]1C(=O)C[C@H]2c1ccoc1. The molecule has 3 saturated carbocycles. The number of aliphatic hydroxyl groups is 4. The van der Waals surface area contributed by atoms with E-state index in [0.29, 0.717) is 5.56 Å². The lowest BCUT2D eigenvalue weighted by Crippen LogP contribution is -2.75. The molecule has 0 unspecified atom stereocenters. The lowest BCUT2D eigenvalue weighted by Gasteiger charge is -2.70. The Hall–Kier alpha value is -2.53. The van der Waals surface area contributed by atoms with Crippen molar-refractivity contribution in [2.45, 2.75) is 77.5 Å². The van der Waals surface area contributed by atoms with E-state index in [-0.39, 0.29) is 37.2 Å². The number of esters is 1. The molecule has 10 nitrogen and oxygen atoms in total. The Morgan fingerprint density at radius 1 is 1.08 bits per heavy atom. The second-order valence-electron chi connectivity index (χ2n) is 12.6. The van der Waals surface area contributed by atoms with Crippen molar-refractivity contribution in [3.63, 3.8) is 0 Å². The van der Waals surface area contributed by atoms with Crippen LogP contribution in [-0.4, -0.2) is 69.2 Å². The summed E-state index contributed by atoms with van der Waals surface area (Å²) in [5.74, 6) is -4.28. The highest BCUT2D eigenvalue weighted by atomic mass is 16.6. The molecule has 10 heteroatoms. The third-order valence-electron chi connectivity index (χ3n) is 11.1. The standard InChI is InChI=1S/C28H34O10/c1-12(29)38-19-9-18(32)28-11-37-24(35)26(19,3)16(28)8-17(31)27(4)21-15(30)7-14(13-5-6-36-10-13)25(21,2)23(34)20(33)22(27)28/h5-6,10,14,16-19,21,24,31-33,35H,7-9,11H2,1-4H3/t14-,16-,17+,18-,19+,21+,24+,25-,26-,27-,28-/m0/s1. The van der Waals surface area contributed by atoms with Crippen molar-refractivity contribution in [3.8, 4) is 0 Å². The van der Waals surface area contributed by atoms with Crippen molar-refractivity contribution in [1.82, 2.24) is 0 Å². The number of ether oxygens (including phenoxy) is 2. The average Bonchev–Trinajstić information content (AvgIpc) is 3.46. The second-order valence-corrected chi connectivity index (χ2v) is 12.6. The van der Waals surface area contributed by atoms with Gasteiger partial charge in [-0.15, -0.1) is 0 Å². The van der Waals surface area contributed by atoms with Crippen LogP contribution in [0.15, 0.2) is 34.3 Å². The predicted octanol–water partition coefficient (Wildman–Crippen LogP) is 1.78. The van der Waals surface area contributed by atoms with E-state index in [4.69, 9.17) is 13.9 Å². The second kappa shape index (κ2) is 7.78. The molecule has 4 aliphatic carbocycles. The van der Waals surface area contributed by atoms with Crippen LogP contribution in [0.4, 0.5) is 0 Å². The van der Waals surface area contributed by atoms with Crippen LogP contribution in [0.25, 0.3) is 0 Å². The summed E-state index contributed by atoms with van der Waals surface area (Å²) in [6.07, 6.45) is -1.84. The maximum absolute atomic E-state index is 14.2. The molecule has 1 aromatic heterocycles. The van der Waals surface area contributed by atoms with Crippen molar-refractivity contribution in [2.24, 2.45) is 33.5 Å². The highest BCUT2D eigenvalue weighted by Crippen LogP contribution is 2.74. The van der Waals surface area contributed by atoms with Gasteiger partial charge in [0, 0.05) is 42.4 Å². The van der Waals surface area contributed by atoms with E-state index in [2.05, 4.69) is 0 Å². The Labute approximate surface area is 219 Å². The van der Waals surface area contributed by atoms with Crippen LogP contribution in [0.1, 0.15) is 58.4 Å². The number of carbonyl (C=O) groups excluding carboxylic acids is 3. The number of carbonyl (C=O) groups is 3. The normalized spacial score (nSPS) is 49.8. The van der Waals surface area contributed by atoms with Gasteiger partial charge in [-0.3, -0.25) is 14.4 Å². The minimum absolute atomic E-state index is 0.0312. The molecule has 2 bridgehead atoms. The molecule has 4 fully saturated rings. The van der Waals surface area contributed by atoms with Gasteiger partial charge < -0.3 is 34.3 Å². The summed E-state index contributed by atoms with van der Waals surface area (Å²) in [7, 11) is 0. The molecule has 11 atom stereocenters. The third-order valence-corrected chi connectivity index (χ3v) is 11.1. The van der Waals surface area contributed by atoms with E-state index in [1.807, 2.05) is 0 Å². The highest BCUT2D eigenvalue weighted by Gasteiger charge is 2.78. The smallest absolute Gasteiger partial charge is 0.302 e. The number of hydrogen-bond donors (Lipinski definition) is 4. The first-order chi connectivity index (χ1) is 17.8. The molecule has 5 aliphatic rings. The molecule has 6 rings (SSSR count). The first kappa shape index (κ1) is 25.7. The van der Waals surface area contributed by atoms with Gasteiger partial charge in [-0.2, -0.15) is 0 Å². The van der Waals surface area contributed by atoms with Crippen LogP contribution in [0.5, 0.6) is 0 Å². The molecule has 0 spiro atoms. The van der Waals surface area contributed by atoms with Crippen LogP contribution in [0, 0.1) is 33.5 Å². The monoisotopic (exact) mass is 530 g/mol. The summed E-state index contributed by atoms with van der Waals surface area (Å²) >= 11 is 0. The number of furan rings is 1. The zero-order chi connectivity index (χ0) is 27.6. The molecule has 38 heavy (non-hydrogen) atoms. The number of Topliss-reactive ketones (excluding diaryl/α,β-unsaturated/α-hetero) is 2. The summed E-state index contributed by atoms with van der Waals surface area (Å²) in [5.41, 5.74) is -4.65. The quantitative estimate of drug-likeness (QED) is 0.414. The number of aliphatic hydroxyl groups excluding tert-OH is 4. The fourth-order valence-corrected chi connectivity index (χ4v) is 9.42. The van der Waals surface area contributed by atoms with E-state index in [1.165, 1.54) is 19.5 Å². The van der Waals surface area contributed by atoms with Crippen LogP contribution in [-0.2, 0) is 23.9 Å². The van der Waals surface area contributed by atoms with Crippen LogP contribution < -0.4 is 0 Å². The summed E-state index contributed by atoms with van der Waals surface area (Å²) in [6.45, 7) is 6.02. The predicted molar refractivity (Wildman–Crippen MR) is 128 cm³/mol. The number of ketones is 2. The summed E-state index contributed by atoms with van der Waals surface area (Å²) < 4.78 is 16.6. The topological polar surface area (TPSA) is 164 Å². The Balaban J connectivity index is 1.59. The Morgan fingerprint density at radius 3 is 2.42 bits per heavy atom. The van der Waals surface area contributed by atoms with Crippen LogP contribution >= 0.6 is 0 Å². The first-order valence-electron chi connectivity index (χ1n) is 13.1. The summed E-state index contributed by atoms with van der Waals surface area (Å²) in [4.78, 5) is 39.9. The zero-order valence-electron chi connectivity index (χ0n) is 21.8. The molecule has 206 valence electrons. The van der Waals surface area contributed by atoms with Gasteiger partial charge >= 0.3 is 5.97 Å². The lowest BCUT2D eigenvalue weighted by atomic mass is 9.37. The van der Waals surface area contributed by atoms with Crippen molar-refractivity contribution in [1.29, 1.82) is 0 Å². The maximum Gasteiger partial charge on any atom is 0.302 e. The van der Waals surface area contributed by atoms with Gasteiger partial charge in [-0.25, -0.2) is 0 Å². The molecule has 0 radical (unpaired) electrons. The number of rotatable bonds is 2. The van der Waals surface area contributed by atoms with Crippen LogP contribution in [0.3, 0.4) is 0 Å². The van der Waals surface area contributed by atoms with Gasteiger partial charge in [0.1, 0.15) is 11.9 Å². The summed E-state index contributed by atoms with van der Waals surface area (Å²) in [6, 6.07) is 1.70. The third kappa shape index (κ3) is 2.69. The average molecular weight is 531 g/mol. The molecular weight excluding hydrogens is 496 g/mol. The van der Waals surface area contributed by atoms with E-state index in [9.17, 15) is 34.8 Å². The number of fused-ring (bicyclic) bond motifs is 3. The Morgan fingerprint density at radius 2 is 1.79 bits per heavy atom. The largest absolute Gasteiger partial charge is 0.504 e. The van der Waals surface area contributed by atoms with Gasteiger partial charge in [-0.05, 0) is 29.5 Å². The molecular formula is C28H34O10. The zero-order valence-corrected chi connectivity index (χ0v) is 21.8. The van der Waals surface area contributed by atoms with Crippen molar-refractivity contribution in [3.05, 3.63) is 35.5 Å². The molecule has 1 aromatic rings. The fourth-order valence-electron chi connectivity index (χ4n) is 9.42. The minimum Gasteiger partial charge on any atom is -0.504 e. The lowest BCUT2D eigenvalue weighted by molar-refractivity contribution is -0.340. The first-order valence-corrected chi connectivity index (χ1v) is 13.1. The molecule has 1 saturated heterocycles. The van der Waals surface area contributed by atoms with Gasteiger partial charge in [0.25, 0.3) is 0 Å². The Bertz CT molecular complexity index is 1250. The van der Waals surface area contributed by atoms with E-state index in [0.717, 1.165) is 0 Å². The Kier molecular flexibility index (Phi) is 5.27. The van der Waals surface area contributed by atoms with Crippen molar-refractivity contribution in [2.75, 3.05) is 6.61 Å². The minimum atomic E-state index is -1.40. The fraction of sp³-hybridized carbons (Fsp3) is 0.679. The molecule has 4 N–H and O–H groups in total. The summed E-state index contributed by atoms with van der Waals surface area (Å²) in [5, 5.41) is 46.4. The number of allylic oxidation sites excluding steroid dienone is 1. The van der Waals surface area contributed by atoms with E-state index in [1.54, 1.807) is 26.8 Å². The maximum atomic E-state index is 14.2. The molecule has 2 heterocycles. The highest BCUT2D eigenvalue weighted by molar-refractivity contribution is 6.07. The molecule has 1 aliphatic heterocycles. The van der Waals surface area contributed by atoms with Crippen molar-refractivity contribution < 1.29 is 48.7 Å². The van der Waals surface area contributed by atoms with Gasteiger partial charge in [0.05, 0.1) is 42.2 Å². The van der Waals surface area contributed by atoms with E-state index < -0.39 is 81.5 Å². The van der Waals surface area contributed by atoms with Crippen molar-refractivity contribution >= 4 is 17.5 Å². The molecule has 0 amide bonds. The van der Waals surface area contributed by atoms with Gasteiger partial charge in [0.2, 0.25) is 5.78 Å². The molecule has 0 aromatic carbocycles. The van der Waals surface area contributed by atoms with Gasteiger partial charge in [0.15, 0.2) is 12.0 Å². The number of hydrogen-bond acceptors (Lipinski definition) is 10. The van der Waals surface area contributed by atoms with Gasteiger partial charge in [-0.1, -0.05) is 20.8 Å². The van der Waals surface area contributed by atoms with Crippen LogP contribution in [0.2, 0.25) is 0 Å². The van der Waals surface area contributed by atoms with E-state index >= 15 is 0 Å².